The summed E-state index contributed by atoms with van der Waals surface area (Å²) in [4.78, 5) is 0. The van der Waals surface area contributed by atoms with E-state index in [4.69, 9.17) is 0 Å². The summed E-state index contributed by atoms with van der Waals surface area (Å²) in [5.74, 6) is 5.64. The lowest BCUT2D eigenvalue weighted by Gasteiger charge is -2.38. The molecule has 2 rings (SSSR count). The zero-order valence-corrected chi connectivity index (χ0v) is 17.0. The van der Waals surface area contributed by atoms with Crippen LogP contribution in [0, 0.1) is 0 Å². The first kappa shape index (κ1) is 18.7. The fourth-order valence-corrected chi connectivity index (χ4v) is 16.1. The number of hydrogen-bond donors (Lipinski definition) is 0. The Morgan fingerprint density at radius 2 is 1.26 bits per heavy atom. The smallest absolute Gasteiger partial charge is 0.0796 e. The van der Waals surface area contributed by atoms with Crippen molar-refractivity contribution in [2.24, 2.45) is 0 Å². The molecule has 0 N–H and O–H groups in total. The van der Waals surface area contributed by atoms with Gasteiger partial charge in [0.1, 0.15) is 0 Å². The van der Waals surface area contributed by atoms with Crippen LogP contribution < -0.4 is 0 Å². The lowest BCUT2D eigenvalue weighted by Crippen LogP contribution is -2.43. The van der Waals surface area contributed by atoms with Crippen molar-refractivity contribution in [3.63, 3.8) is 0 Å². The Morgan fingerprint density at radius 1 is 0.789 bits per heavy atom. The van der Waals surface area contributed by atoms with E-state index in [2.05, 4.69) is 67.8 Å². The van der Waals surface area contributed by atoms with Gasteiger partial charge in [-0.3, -0.25) is 0 Å². The second kappa shape index (κ2) is 11.2. The summed E-state index contributed by atoms with van der Waals surface area (Å²) in [6.07, 6.45) is 2.86. The van der Waals surface area contributed by atoms with Gasteiger partial charge in [0, 0.05) is 9.29 Å². The molecule has 0 atom stereocenters. The Kier molecular flexibility index (Phi) is 11.0. The molecule has 0 spiro atoms. The van der Waals surface area contributed by atoms with Crippen molar-refractivity contribution in [1.29, 1.82) is 0 Å². The van der Waals surface area contributed by atoms with Crippen LogP contribution in [0.3, 0.4) is 0 Å². The maximum absolute atomic E-state index is 2.43. The lowest BCUT2D eigenvalue weighted by molar-refractivity contribution is 1.09. The van der Waals surface area contributed by atoms with Crippen LogP contribution in [-0.4, -0.2) is 40.4 Å². The molecule has 0 aliphatic carbocycles. The lowest BCUT2D eigenvalue weighted by atomic mass is 10.6. The number of thioether (sulfide) groups is 4. The summed E-state index contributed by atoms with van der Waals surface area (Å²) in [6.45, 7) is 7.28. The van der Waals surface area contributed by atoms with Crippen LogP contribution in [0.1, 0.15) is 33.6 Å². The predicted octanol–water partition coefficient (Wildman–Crippen LogP) is 6.04. The highest BCUT2D eigenvalue weighted by Gasteiger charge is 2.37. The van der Waals surface area contributed by atoms with Crippen molar-refractivity contribution in [3.8, 4) is 0 Å². The van der Waals surface area contributed by atoms with Gasteiger partial charge in [0.15, 0.2) is 0 Å². The van der Waals surface area contributed by atoms with Crippen molar-refractivity contribution >= 4 is 55.1 Å². The summed E-state index contributed by atoms with van der Waals surface area (Å²) in [7, 11) is -0.891. The van der Waals surface area contributed by atoms with Gasteiger partial charge >= 0.3 is 0 Å². The van der Waals surface area contributed by atoms with Crippen LogP contribution >= 0.6 is 47.0 Å². The first-order valence-corrected chi connectivity index (χ1v) is 14.8. The van der Waals surface area contributed by atoms with E-state index in [-0.39, 0.29) is 0 Å². The van der Waals surface area contributed by atoms with E-state index in [1.165, 1.54) is 59.1 Å². The Hall–Kier alpha value is 1.62. The second-order valence-corrected chi connectivity index (χ2v) is 16.7. The third-order valence-electron chi connectivity index (χ3n) is 4.18. The van der Waals surface area contributed by atoms with Crippen LogP contribution in [0.25, 0.3) is 0 Å². The zero-order valence-electron chi connectivity index (χ0n) is 12.8. The highest BCUT2D eigenvalue weighted by atomic mass is 32.2. The first-order valence-electron chi connectivity index (χ1n) is 7.67. The molecule has 0 aromatic carbocycles. The Morgan fingerprint density at radius 3 is 1.58 bits per heavy atom. The molecule has 2 heterocycles. The zero-order chi connectivity index (χ0) is 14.0. The highest BCUT2D eigenvalue weighted by Crippen LogP contribution is 2.42. The molecule has 19 heavy (non-hydrogen) atoms. The van der Waals surface area contributed by atoms with E-state index in [9.17, 15) is 0 Å². The molecule has 0 aromatic heterocycles. The van der Waals surface area contributed by atoms with Crippen molar-refractivity contribution in [3.05, 3.63) is 0 Å². The second-order valence-electron chi connectivity index (χ2n) is 5.14. The Bertz CT molecular complexity index is 192. The maximum atomic E-state index is 2.43. The maximum Gasteiger partial charge on any atom is 0.0796 e. The largest absolute Gasteiger partial charge is 0.151 e. The van der Waals surface area contributed by atoms with Gasteiger partial charge < -0.3 is 0 Å². The molecule has 5 heteroatoms. The molecule has 2 aliphatic rings. The number of hydrogen-bond acceptors (Lipinski definition) is 4. The third-order valence-corrected chi connectivity index (χ3v) is 18.4. The SMILES string of the molecule is C1CSCSC1.CC[Si](CC)(CC)C1SCCCS1. The van der Waals surface area contributed by atoms with E-state index >= 15 is 0 Å². The summed E-state index contributed by atoms with van der Waals surface area (Å²) in [5.41, 5.74) is 0. The highest BCUT2D eigenvalue weighted by molar-refractivity contribution is 8.20. The van der Waals surface area contributed by atoms with E-state index in [1.54, 1.807) is 0 Å². The molecule has 0 bridgehead atoms. The third kappa shape index (κ3) is 6.49. The van der Waals surface area contributed by atoms with E-state index in [1.807, 2.05) is 0 Å². The molecule has 2 saturated heterocycles. The predicted molar refractivity (Wildman–Crippen MR) is 105 cm³/mol. The quantitative estimate of drug-likeness (QED) is 0.564. The average molecular weight is 355 g/mol. The van der Waals surface area contributed by atoms with Gasteiger partial charge in [0.05, 0.1) is 8.07 Å². The summed E-state index contributed by atoms with van der Waals surface area (Å²) >= 11 is 8.65. The first-order chi connectivity index (χ1) is 9.29. The molecule has 0 amide bonds. The van der Waals surface area contributed by atoms with Gasteiger partial charge in [-0.05, 0) is 35.9 Å². The van der Waals surface area contributed by atoms with Gasteiger partial charge in [0.25, 0.3) is 0 Å². The van der Waals surface area contributed by atoms with Crippen LogP contribution in [0.5, 0.6) is 0 Å². The Balaban J connectivity index is 0.000000250. The molecule has 2 aliphatic heterocycles. The summed E-state index contributed by atoms with van der Waals surface area (Å²) < 4.78 is 1.02. The van der Waals surface area contributed by atoms with Gasteiger partial charge in [-0.2, -0.15) is 47.0 Å². The van der Waals surface area contributed by atoms with Crippen molar-refractivity contribution < 1.29 is 0 Å². The molecule has 0 nitrogen and oxygen atoms in total. The molecule has 0 saturated carbocycles. The molecule has 0 radical (unpaired) electrons. The van der Waals surface area contributed by atoms with Gasteiger partial charge in [-0.1, -0.05) is 38.9 Å². The molecule has 114 valence electrons. The minimum Gasteiger partial charge on any atom is -0.151 e. The minimum absolute atomic E-state index is 0.891. The van der Waals surface area contributed by atoms with E-state index in [0.717, 1.165) is 4.21 Å². The van der Waals surface area contributed by atoms with Crippen LogP contribution in [0.2, 0.25) is 18.1 Å². The number of rotatable bonds is 4. The van der Waals surface area contributed by atoms with Crippen molar-refractivity contribution in [2.75, 3.05) is 28.1 Å². The molecule has 2 fully saturated rings. The topological polar surface area (TPSA) is 0 Å². The van der Waals surface area contributed by atoms with Gasteiger partial charge in [-0.25, -0.2) is 0 Å². The van der Waals surface area contributed by atoms with Crippen molar-refractivity contribution in [1.82, 2.24) is 0 Å². The molecule has 0 aromatic rings. The van der Waals surface area contributed by atoms with E-state index < -0.39 is 8.07 Å². The fraction of sp³-hybridized carbons (Fsp3) is 1.00. The van der Waals surface area contributed by atoms with Crippen LogP contribution in [0.4, 0.5) is 0 Å². The molecular weight excluding hydrogens is 325 g/mol. The van der Waals surface area contributed by atoms with E-state index in [0.29, 0.717) is 0 Å². The summed E-state index contributed by atoms with van der Waals surface area (Å²) in [6, 6.07) is 4.47. The van der Waals surface area contributed by atoms with Crippen molar-refractivity contribution in [2.45, 2.75) is 56.0 Å². The fourth-order valence-electron chi connectivity index (χ4n) is 2.53. The van der Waals surface area contributed by atoms with Gasteiger partial charge in [-0.15, -0.1) is 0 Å². The molecular formula is C14H30S4Si. The monoisotopic (exact) mass is 354 g/mol. The van der Waals surface area contributed by atoms with Gasteiger partial charge in [0.2, 0.25) is 0 Å². The standard InChI is InChI=1S/C10H22S2Si.C4H8S2/c1-4-13(5-2,6-3)10-11-8-7-9-12-10;1-2-5-4-6-3-1/h10H,4-9H2,1-3H3;1-4H2. The molecule has 0 unspecified atom stereocenters. The van der Waals surface area contributed by atoms with Crippen LogP contribution in [0.15, 0.2) is 0 Å². The summed E-state index contributed by atoms with van der Waals surface area (Å²) in [5, 5.41) is 1.33. The normalized spacial score (nSPS) is 21.6. The minimum atomic E-state index is -0.891. The average Bonchev–Trinajstić information content (AvgIpc) is 2.53. The van der Waals surface area contributed by atoms with Crippen LogP contribution in [-0.2, 0) is 0 Å². The Labute approximate surface area is 138 Å².